The Morgan fingerprint density at radius 1 is 1.58 bits per heavy atom. The summed E-state index contributed by atoms with van der Waals surface area (Å²) in [5, 5.41) is 4.02. The first kappa shape index (κ1) is 7.36. The quantitative estimate of drug-likeness (QED) is 0.476. The van der Waals surface area contributed by atoms with Crippen LogP contribution in [-0.2, 0) is 0 Å². The molecule has 5 heteroatoms. The molecule has 0 fully saturated rings. The Kier molecular flexibility index (Phi) is 1.83. The molecule has 4 nitrogen and oxygen atoms in total. The van der Waals surface area contributed by atoms with Gasteiger partial charge >= 0.3 is 0 Å². The van der Waals surface area contributed by atoms with E-state index in [2.05, 4.69) is 15.5 Å². The van der Waals surface area contributed by atoms with E-state index in [0.29, 0.717) is 0 Å². The van der Waals surface area contributed by atoms with Crippen LogP contribution in [0.15, 0.2) is 36.0 Å². The molecule has 0 aliphatic carbocycles. The summed E-state index contributed by atoms with van der Waals surface area (Å²) < 4.78 is 1.80. The first-order chi connectivity index (χ1) is 5.86. The standard InChI is InChI=1S/C7H7ClN4/c8-6-1-2-7(11-10-6)12-4-3-9-5-12/h1-6,10H. The van der Waals surface area contributed by atoms with Gasteiger partial charge in [0.15, 0.2) is 5.84 Å². The number of hydrazone groups is 1. The molecule has 1 aromatic heterocycles. The highest BCUT2D eigenvalue weighted by Gasteiger charge is 2.05. The minimum atomic E-state index is -0.211. The van der Waals surface area contributed by atoms with Crippen molar-refractivity contribution < 1.29 is 0 Å². The van der Waals surface area contributed by atoms with Crippen LogP contribution in [0.1, 0.15) is 0 Å². The fraction of sp³-hybridized carbons (Fsp3) is 0.143. The summed E-state index contributed by atoms with van der Waals surface area (Å²) in [6.07, 6.45) is 8.86. The van der Waals surface area contributed by atoms with Gasteiger partial charge in [0, 0.05) is 12.4 Å². The summed E-state index contributed by atoms with van der Waals surface area (Å²) in [6.45, 7) is 0. The van der Waals surface area contributed by atoms with Crippen molar-refractivity contribution in [3.8, 4) is 0 Å². The van der Waals surface area contributed by atoms with Crippen molar-refractivity contribution in [1.29, 1.82) is 0 Å². The number of halogens is 1. The molecule has 0 bridgehead atoms. The van der Waals surface area contributed by atoms with Crippen LogP contribution in [0.2, 0.25) is 0 Å². The van der Waals surface area contributed by atoms with Crippen LogP contribution in [0, 0.1) is 0 Å². The zero-order chi connectivity index (χ0) is 8.39. The zero-order valence-electron chi connectivity index (χ0n) is 6.18. The van der Waals surface area contributed by atoms with E-state index >= 15 is 0 Å². The van der Waals surface area contributed by atoms with Crippen LogP contribution in [0.25, 0.3) is 0 Å². The van der Waals surface area contributed by atoms with Crippen molar-refractivity contribution in [3.05, 3.63) is 30.9 Å². The molecule has 12 heavy (non-hydrogen) atoms. The highest BCUT2D eigenvalue weighted by molar-refractivity contribution is 6.22. The van der Waals surface area contributed by atoms with E-state index in [9.17, 15) is 0 Å². The second-order valence-electron chi connectivity index (χ2n) is 2.33. The molecule has 62 valence electrons. The average molecular weight is 183 g/mol. The number of rotatable bonds is 0. The van der Waals surface area contributed by atoms with Gasteiger partial charge in [0.2, 0.25) is 0 Å². The van der Waals surface area contributed by atoms with Crippen molar-refractivity contribution >= 4 is 17.4 Å². The number of hydrogen-bond acceptors (Lipinski definition) is 3. The Morgan fingerprint density at radius 3 is 3.08 bits per heavy atom. The van der Waals surface area contributed by atoms with Crippen LogP contribution < -0.4 is 5.43 Å². The lowest BCUT2D eigenvalue weighted by Gasteiger charge is -2.11. The lowest BCUT2D eigenvalue weighted by Crippen LogP contribution is -2.24. The first-order valence-corrected chi connectivity index (χ1v) is 3.94. The van der Waals surface area contributed by atoms with Crippen molar-refractivity contribution in [2.75, 3.05) is 0 Å². The van der Waals surface area contributed by atoms with Crippen molar-refractivity contribution in [1.82, 2.24) is 15.0 Å². The molecule has 1 aliphatic rings. The molecule has 1 N–H and O–H groups in total. The maximum Gasteiger partial charge on any atom is 0.157 e. The smallest absolute Gasteiger partial charge is 0.157 e. The molecule has 0 aromatic carbocycles. The molecule has 0 saturated carbocycles. The van der Waals surface area contributed by atoms with E-state index in [1.165, 1.54) is 0 Å². The number of alkyl halides is 1. The highest BCUT2D eigenvalue weighted by atomic mass is 35.5. The van der Waals surface area contributed by atoms with Gasteiger partial charge in [0.1, 0.15) is 11.8 Å². The van der Waals surface area contributed by atoms with Crippen LogP contribution in [0.3, 0.4) is 0 Å². The highest BCUT2D eigenvalue weighted by Crippen LogP contribution is 2.01. The third-order valence-electron chi connectivity index (χ3n) is 1.49. The third kappa shape index (κ3) is 1.33. The largest absolute Gasteiger partial charge is 0.289 e. The number of hydrogen-bond donors (Lipinski definition) is 1. The average Bonchev–Trinajstić information content (AvgIpc) is 2.58. The van der Waals surface area contributed by atoms with Crippen LogP contribution in [0.4, 0.5) is 0 Å². The summed E-state index contributed by atoms with van der Waals surface area (Å²) >= 11 is 5.71. The zero-order valence-corrected chi connectivity index (χ0v) is 6.94. The molecule has 0 radical (unpaired) electrons. The summed E-state index contributed by atoms with van der Waals surface area (Å²) in [7, 11) is 0. The summed E-state index contributed by atoms with van der Waals surface area (Å²) in [4.78, 5) is 3.90. The van der Waals surface area contributed by atoms with Gasteiger partial charge in [-0.15, -0.1) is 0 Å². The number of nitrogens with zero attached hydrogens (tertiary/aromatic N) is 3. The van der Waals surface area contributed by atoms with Gasteiger partial charge in [0.05, 0.1) is 0 Å². The molecule has 1 unspecified atom stereocenters. The predicted octanol–water partition coefficient (Wildman–Crippen LogP) is 0.769. The Morgan fingerprint density at radius 2 is 2.50 bits per heavy atom. The van der Waals surface area contributed by atoms with Gasteiger partial charge in [-0.25, -0.2) is 4.98 Å². The van der Waals surface area contributed by atoms with E-state index in [1.54, 1.807) is 17.1 Å². The summed E-state index contributed by atoms with van der Waals surface area (Å²) in [5.74, 6) is 0.782. The maximum absolute atomic E-state index is 5.71. The van der Waals surface area contributed by atoms with Crippen LogP contribution in [-0.4, -0.2) is 20.9 Å². The third-order valence-corrected chi connectivity index (χ3v) is 1.73. The predicted molar refractivity (Wildman–Crippen MR) is 47.0 cm³/mol. The molecule has 0 amide bonds. The second-order valence-corrected chi connectivity index (χ2v) is 2.80. The molecule has 0 saturated heterocycles. The lowest BCUT2D eigenvalue weighted by molar-refractivity contribution is 0.756. The Hall–Kier alpha value is -1.29. The number of aromatic nitrogens is 2. The van der Waals surface area contributed by atoms with E-state index in [0.717, 1.165) is 5.84 Å². The Balaban J connectivity index is 2.23. The monoisotopic (exact) mass is 182 g/mol. The number of nitrogens with one attached hydrogen (secondary N) is 1. The SMILES string of the molecule is ClC1C=CC(n2ccnc2)=NN1. The van der Waals surface area contributed by atoms with E-state index < -0.39 is 0 Å². The Labute approximate surface area is 74.6 Å². The van der Waals surface area contributed by atoms with Gasteiger partial charge < -0.3 is 0 Å². The molecular formula is C7H7ClN4. The number of imidazole rings is 1. The minimum absolute atomic E-state index is 0.211. The number of allylic oxidation sites excluding steroid dienone is 1. The topological polar surface area (TPSA) is 42.2 Å². The first-order valence-electron chi connectivity index (χ1n) is 3.50. The van der Waals surface area contributed by atoms with Crippen LogP contribution >= 0.6 is 11.6 Å². The van der Waals surface area contributed by atoms with Crippen molar-refractivity contribution in [3.63, 3.8) is 0 Å². The van der Waals surface area contributed by atoms with E-state index in [1.807, 2.05) is 18.3 Å². The fourth-order valence-electron chi connectivity index (χ4n) is 0.917. The normalized spacial score (nSPS) is 21.8. The van der Waals surface area contributed by atoms with Crippen LogP contribution in [0.5, 0.6) is 0 Å². The molecule has 1 atom stereocenters. The lowest BCUT2D eigenvalue weighted by atomic mass is 10.4. The van der Waals surface area contributed by atoms with E-state index in [4.69, 9.17) is 11.6 Å². The van der Waals surface area contributed by atoms with Gasteiger partial charge in [-0.2, -0.15) is 5.10 Å². The fourth-order valence-corrected chi connectivity index (χ4v) is 1.04. The molecule has 1 aromatic rings. The molecule has 2 heterocycles. The van der Waals surface area contributed by atoms with Gasteiger partial charge in [0.25, 0.3) is 0 Å². The molecule has 2 rings (SSSR count). The molecule has 0 spiro atoms. The second kappa shape index (κ2) is 2.98. The van der Waals surface area contributed by atoms with Gasteiger partial charge in [-0.1, -0.05) is 11.6 Å². The van der Waals surface area contributed by atoms with E-state index in [-0.39, 0.29) is 5.50 Å². The van der Waals surface area contributed by atoms with Crippen molar-refractivity contribution in [2.24, 2.45) is 5.10 Å². The summed E-state index contributed by atoms with van der Waals surface area (Å²) in [6, 6.07) is 0. The molecule has 1 aliphatic heterocycles. The summed E-state index contributed by atoms with van der Waals surface area (Å²) in [5.41, 5.74) is 2.53. The molecular weight excluding hydrogens is 176 g/mol. The Bertz CT molecular complexity index is 314. The van der Waals surface area contributed by atoms with Gasteiger partial charge in [-0.05, 0) is 12.2 Å². The van der Waals surface area contributed by atoms with Gasteiger partial charge in [-0.3, -0.25) is 9.99 Å². The van der Waals surface area contributed by atoms with Crippen molar-refractivity contribution in [2.45, 2.75) is 5.50 Å². The minimum Gasteiger partial charge on any atom is -0.289 e. The maximum atomic E-state index is 5.71.